The maximum absolute atomic E-state index is 12.8. The van der Waals surface area contributed by atoms with Gasteiger partial charge in [-0.25, -0.2) is 0 Å². The van der Waals surface area contributed by atoms with Gasteiger partial charge < -0.3 is 34.0 Å². The number of hydrogen-bond donors (Lipinski definition) is 2. The van der Waals surface area contributed by atoms with Gasteiger partial charge in [0, 0.05) is 34.7 Å². The molecule has 0 aliphatic carbocycles. The number of aromatic nitrogens is 1. The average Bonchev–Trinajstić information content (AvgIpc) is 3.33. The van der Waals surface area contributed by atoms with Gasteiger partial charge in [0.2, 0.25) is 0 Å². The Morgan fingerprint density at radius 3 is 2.00 bits per heavy atom. The van der Waals surface area contributed by atoms with E-state index in [1.54, 1.807) is 43.5 Å². The van der Waals surface area contributed by atoms with Crippen LogP contribution in [-0.4, -0.2) is 76.6 Å². The molecule has 0 spiro atoms. The lowest BCUT2D eigenvalue weighted by Crippen LogP contribution is -2.19. The van der Waals surface area contributed by atoms with Crippen LogP contribution >= 0.6 is 0 Å². The van der Waals surface area contributed by atoms with E-state index in [-0.39, 0.29) is 11.7 Å². The molecule has 3 rings (SSSR count). The highest BCUT2D eigenvalue weighted by molar-refractivity contribution is 6.07. The first-order valence-corrected chi connectivity index (χ1v) is 12.7. The zero-order valence-electron chi connectivity index (χ0n) is 22.6. The van der Waals surface area contributed by atoms with E-state index in [4.69, 9.17) is 23.7 Å². The number of anilines is 1. The Morgan fingerprint density at radius 2 is 1.39 bits per heavy atom. The van der Waals surface area contributed by atoms with Gasteiger partial charge >= 0.3 is 0 Å². The molecular weight excluding hydrogens is 488 g/mol. The minimum Gasteiger partial charge on any atom is -0.491 e. The molecule has 0 fully saturated rings. The topological polar surface area (TPSA) is 108 Å². The van der Waals surface area contributed by atoms with Crippen LogP contribution in [0.1, 0.15) is 41.6 Å². The molecule has 2 aromatic carbocycles. The molecule has 0 radical (unpaired) electrons. The summed E-state index contributed by atoms with van der Waals surface area (Å²) in [6, 6.07) is 14.3. The van der Waals surface area contributed by atoms with Crippen LogP contribution in [0.3, 0.4) is 0 Å². The van der Waals surface area contributed by atoms with Crippen LogP contribution in [-0.2, 0) is 18.9 Å². The summed E-state index contributed by atoms with van der Waals surface area (Å²) in [5.41, 5.74) is 2.02. The van der Waals surface area contributed by atoms with Crippen molar-refractivity contribution in [3.05, 3.63) is 59.8 Å². The van der Waals surface area contributed by atoms with E-state index in [0.29, 0.717) is 75.5 Å². The van der Waals surface area contributed by atoms with Gasteiger partial charge in [0.15, 0.2) is 5.78 Å². The monoisotopic (exact) mass is 526 g/mol. The Bertz CT molecular complexity index is 1170. The number of nitrogens with one attached hydrogen (secondary N) is 2. The number of fused-ring (bicyclic) bond motifs is 1. The molecular formula is C29H38N2O7. The van der Waals surface area contributed by atoms with Crippen LogP contribution in [0.15, 0.2) is 48.5 Å². The van der Waals surface area contributed by atoms with Crippen molar-refractivity contribution in [3.8, 4) is 5.75 Å². The molecule has 0 aliphatic heterocycles. The molecule has 1 aromatic heterocycles. The van der Waals surface area contributed by atoms with Crippen molar-refractivity contribution in [1.82, 2.24) is 4.98 Å². The second-order valence-electron chi connectivity index (χ2n) is 9.72. The first-order chi connectivity index (χ1) is 18.3. The van der Waals surface area contributed by atoms with Crippen molar-refractivity contribution >= 4 is 28.3 Å². The number of rotatable bonds is 16. The van der Waals surface area contributed by atoms with E-state index < -0.39 is 5.41 Å². The molecule has 206 valence electrons. The number of hydrogen-bond acceptors (Lipinski definition) is 7. The lowest BCUT2D eigenvalue weighted by molar-refractivity contribution is 0.000164. The number of benzene rings is 2. The smallest absolute Gasteiger partial charge is 0.272 e. The molecule has 9 heteroatoms. The normalized spacial score (nSPS) is 11.6. The Labute approximate surface area is 223 Å². The Hall–Kier alpha value is -3.24. The van der Waals surface area contributed by atoms with E-state index in [1.807, 2.05) is 32.9 Å². The second kappa shape index (κ2) is 14.6. The van der Waals surface area contributed by atoms with Crippen LogP contribution in [0.25, 0.3) is 10.9 Å². The van der Waals surface area contributed by atoms with Gasteiger partial charge in [-0.3, -0.25) is 9.59 Å². The molecule has 2 N–H and O–H groups in total. The lowest BCUT2D eigenvalue weighted by Gasteiger charge is -2.16. The molecule has 0 saturated heterocycles. The minimum atomic E-state index is -0.470. The quantitative estimate of drug-likeness (QED) is 0.205. The number of carbonyl (C=O) groups is 2. The van der Waals surface area contributed by atoms with Crippen LogP contribution in [0, 0.1) is 5.41 Å². The number of Topliss-reactive ketones (excluding diaryl/α,β-unsaturated/α-hetero) is 1. The summed E-state index contributed by atoms with van der Waals surface area (Å²) < 4.78 is 26.8. The van der Waals surface area contributed by atoms with Crippen molar-refractivity contribution in [2.24, 2.45) is 5.41 Å². The molecule has 0 bridgehead atoms. The highest BCUT2D eigenvalue weighted by Crippen LogP contribution is 2.25. The Morgan fingerprint density at radius 1 is 0.789 bits per heavy atom. The fourth-order valence-corrected chi connectivity index (χ4v) is 3.56. The van der Waals surface area contributed by atoms with Gasteiger partial charge in [-0.15, -0.1) is 0 Å². The number of methoxy groups -OCH3 is 1. The van der Waals surface area contributed by atoms with E-state index in [1.165, 1.54) is 0 Å². The molecule has 0 unspecified atom stereocenters. The van der Waals surface area contributed by atoms with Crippen LogP contribution in [0.4, 0.5) is 5.69 Å². The molecule has 1 heterocycles. The maximum atomic E-state index is 12.8. The van der Waals surface area contributed by atoms with Crippen molar-refractivity contribution in [1.29, 1.82) is 0 Å². The summed E-state index contributed by atoms with van der Waals surface area (Å²) in [4.78, 5) is 28.5. The predicted molar refractivity (Wildman–Crippen MR) is 146 cm³/mol. The fourth-order valence-electron chi connectivity index (χ4n) is 3.56. The standard InChI is InChI=1S/C29H38N2O7/c1-29(2,3)27(32)21-5-10-25-22(19-21)20-26(31-25)28(33)30-23-6-8-24(9-7-23)38-18-17-37-16-15-36-14-13-35-12-11-34-4/h5-10,19-20,31H,11-18H2,1-4H3,(H,30,33). The summed E-state index contributed by atoms with van der Waals surface area (Å²) in [6.45, 7) is 9.68. The summed E-state index contributed by atoms with van der Waals surface area (Å²) in [6.07, 6.45) is 0. The van der Waals surface area contributed by atoms with E-state index in [2.05, 4.69) is 10.3 Å². The van der Waals surface area contributed by atoms with Gasteiger partial charge in [0.1, 0.15) is 18.1 Å². The number of ketones is 1. The largest absolute Gasteiger partial charge is 0.491 e. The van der Waals surface area contributed by atoms with Crippen molar-refractivity contribution in [2.45, 2.75) is 20.8 Å². The van der Waals surface area contributed by atoms with Crippen LogP contribution < -0.4 is 10.1 Å². The zero-order chi connectivity index (χ0) is 27.4. The third kappa shape index (κ3) is 9.25. The SMILES string of the molecule is COCCOCCOCCOCCOc1ccc(NC(=O)c2cc3cc(C(=O)C(C)(C)C)ccc3[nH]2)cc1. The van der Waals surface area contributed by atoms with Gasteiger partial charge in [-0.05, 0) is 48.5 Å². The molecule has 3 aromatic rings. The van der Waals surface area contributed by atoms with Crippen molar-refractivity contribution in [2.75, 3.05) is 65.3 Å². The maximum Gasteiger partial charge on any atom is 0.272 e. The van der Waals surface area contributed by atoms with Gasteiger partial charge in [0.25, 0.3) is 5.91 Å². The number of aromatic amines is 1. The van der Waals surface area contributed by atoms with E-state index in [9.17, 15) is 9.59 Å². The molecule has 0 aliphatic rings. The number of H-pyrrole nitrogens is 1. The third-order valence-corrected chi connectivity index (χ3v) is 5.59. The predicted octanol–water partition coefficient (Wildman–Crippen LogP) is 4.72. The number of amides is 1. The second-order valence-corrected chi connectivity index (χ2v) is 9.72. The molecule has 9 nitrogen and oxygen atoms in total. The fraction of sp³-hybridized carbons (Fsp3) is 0.448. The summed E-state index contributed by atoms with van der Waals surface area (Å²) >= 11 is 0. The molecule has 0 atom stereocenters. The van der Waals surface area contributed by atoms with Crippen molar-refractivity contribution < 1.29 is 33.3 Å². The summed E-state index contributed by atoms with van der Waals surface area (Å²) in [5, 5.41) is 3.69. The third-order valence-electron chi connectivity index (χ3n) is 5.59. The lowest BCUT2D eigenvalue weighted by atomic mass is 9.86. The van der Waals surface area contributed by atoms with Crippen LogP contribution in [0.5, 0.6) is 5.75 Å². The average molecular weight is 527 g/mol. The zero-order valence-corrected chi connectivity index (χ0v) is 22.6. The first-order valence-electron chi connectivity index (χ1n) is 12.7. The first kappa shape index (κ1) is 29.3. The molecule has 38 heavy (non-hydrogen) atoms. The minimum absolute atomic E-state index is 0.0602. The van der Waals surface area contributed by atoms with E-state index >= 15 is 0 Å². The highest BCUT2D eigenvalue weighted by Gasteiger charge is 2.23. The Kier molecular flexibility index (Phi) is 11.3. The summed E-state index contributed by atoms with van der Waals surface area (Å²) in [5.74, 6) is 0.471. The van der Waals surface area contributed by atoms with Crippen molar-refractivity contribution in [3.63, 3.8) is 0 Å². The Balaban J connectivity index is 1.37. The van der Waals surface area contributed by atoms with Gasteiger partial charge in [-0.1, -0.05) is 20.8 Å². The molecule has 0 saturated carbocycles. The number of carbonyl (C=O) groups excluding carboxylic acids is 2. The summed E-state index contributed by atoms with van der Waals surface area (Å²) in [7, 11) is 1.64. The van der Waals surface area contributed by atoms with Crippen LogP contribution in [0.2, 0.25) is 0 Å². The number of ether oxygens (including phenoxy) is 5. The van der Waals surface area contributed by atoms with Gasteiger partial charge in [0.05, 0.1) is 46.2 Å². The van der Waals surface area contributed by atoms with Gasteiger partial charge in [-0.2, -0.15) is 0 Å². The van der Waals surface area contributed by atoms with E-state index in [0.717, 1.165) is 10.9 Å². The highest BCUT2D eigenvalue weighted by atomic mass is 16.6. The molecule has 1 amide bonds.